The molecule has 2 fully saturated rings. The van der Waals surface area contributed by atoms with Crippen molar-refractivity contribution in [3.05, 3.63) is 65.7 Å². The first-order valence-electron chi connectivity index (χ1n) is 13.6. The van der Waals surface area contributed by atoms with Crippen LogP contribution in [0.25, 0.3) is 0 Å². The van der Waals surface area contributed by atoms with Crippen molar-refractivity contribution in [2.45, 2.75) is 45.0 Å². The summed E-state index contributed by atoms with van der Waals surface area (Å²) in [6.07, 6.45) is 4.58. The van der Waals surface area contributed by atoms with E-state index in [9.17, 15) is 8.78 Å². The van der Waals surface area contributed by atoms with E-state index in [-0.39, 0.29) is 12.1 Å². The largest absolute Gasteiger partial charge is 0.495 e. The van der Waals surface area contributed by atoms with Crippen molar-refractivity contribution in [1.29, 1.82) is 0 Å². The molecule has 1 N–H and O–H groups in total. The highest BCUT2D eigenvalue weighted by molar-refractivity contribution is 5.98. The molecule has 3 aliphatic rings. The second-order valence-electron chi connectivity index (χ2n) is 10.6. The summed E-state index contributed by atoms with van der Waals surface area (Å²) >= 11 is 0. The number of methoxy groups -OCH3 is 1. The summed E-state index contributed by atoms with van der Waals surface area (Å²) in [5, 5.41) is 3.33. The quantitative estimate of drug-likeness (QED) is 0.395. The number of hydrogen-bond acceptors (Lipinski definition) is 7. The lowest BCUT2D eigenvalue weighted by atomic mass is 9.72. The number of anilines is 3. The van der Waals surface area contributed by atoms with Gasteiger partial charge in [-0.2, -0.15) is 0 Å². The van der Waals surface area contributed by atoms with Crippen molar-refractivity contribution >= 4 is 28.5 Å². The fraction of sp³-hybridized carbons (Fsp3) is 0.433. The lowest BCUT2D eigenvalue weighted by molar-refractivity contribution is 0.00211. The van der Waals surface area contributed by atoms with E-state index in [2.05, 4.69) is 21.3 Å². The molecular formula is C30H33F2N5O2. The molecule has 0 saturated carbocycles. The third kappa shape index (κ3) is 5.45. The van der Waals surface area contributed by atoms with Crippen LogP contribution in [0.4, 0.5) is 31.5 Å². The van der Waals surface area contributed by atoms with Crippen LogP contribution in [0, 0.1) is 5.41 Å². The van der Waals surface area contributed by atoms with Crippen molar-refractivity contribution in [2.24, 2.45) is 10.4 Å². The molecule has 9 heteroatoms. The number of benzene rings is 1. The number of fused-ring (bicyclic) bond motifs is 1. The summed E-state index contributed by atoms with van der Waals surface area (Å²) < 4.78 is 38.1. The van der Waals surface area contributed by atoms with Crippen LogP contribution in [0.1, 0.15) is 42.8 Å². The van der Waals surface area contributed by atoms with Crippen molar-refractivity contribution in [1.82, 2.24) is 9.97 Å². The Balaban J connectivity index is 1.19. The maximum absolute atomic E-state index is 13.5. The molecule has 7 nitrogen and oxygen atoms in total. The van der Waals surface area contributed by atoms with Gasteiger partial charge in [-0.25, -0.2) is 13.8 Å². The molecular weight excluding hydrogens is 500 g/mol. The first kappa shape index (κ1) is 25.7. The van der Waals surface area contributed by atoms with E-state index in [4.69, 9.17) is 19.4 Å². The van der Waals surface area contributed by atoms with E-state index in [1.165, 1.54) is 25.7 Å². The van der Waals surface area contributed by atoms with E-state index in [0.29, 0.717) is 34.7 Å². The van der Waals surface area contributed by atoms with Crippen molar-refractivity contribution in [2.75, 3.05) is 43.6 Å². The highest BCUT2D eigenvalue weighted by Gasteiger charge is 2.36. The molecule has 1 spiro atoms. The minimum Gasteiger partial charge on any atom is -0.495 e. The van der Waals surface area contributed by atoms with Gasteiger partial charge in [0.05, 0.1) is 41.8 Å². The zero-order chi connectivity index (χ0) is 26.8. The van der Waals surface area contributed by atoms with Crippen LogP contribution in [0.2, 0.25) is 0 Å². The molecule has 39 heavy (non-hydrogen) atoms. The monoisotopic (exact) mass is 533 g/mol. The Labute approximate surface area is 227 Å². The second-order valence-corrected chi connectivity index (χ2v) is 10.6. The summed E-state index contributed by atoms with van der Waals surface area (Å²) in [5.41, 5.74) is 5.40. The summed E-state index contributed by atoms with van der Waals surface area (Å²) in [5.74, 6) is 0.651. The van der Waals surface area contributed by atoms with Gasteiger partial charge in [0.1, 0.15) is 11.4 Å². The fourth-order valence-electron chi connectivity index (χ4n) is 5.89. The number of halogens is 2. The first-order chi connectivity index (χ1) is 19.0. The van der Waals surface area contributed by atoms with Crippen LogP contribution < -0.4 is 15.0 Å². The summed E-state index contributed by atoms with van der Waals surface area (Å²) in [6.45, 7) is 3.85. The Hall–Kier alpha value is -3.59. The molecule has 2 aromatic heterocycles. The Morgan fingerprint density at radius 1 is 1.03 bits per heavy atom. The van der Waals surface area contributed by atoms with Gasteiger partial charge in [0.2, 0.25) is 0 Å². The molecule has 2 saturated heterocycles. The number of hydrogen-bond donors (Lipinski definition) is 1. The van der Waals surface area contributed by atoms with Gasteiger partial charge < -0.3 is 19.7 Å². The number of pyridine rings is 2. The first-order valence-corrected chi connectivity index (χ1v) is 13.6. The minimum atomic E-state index is -2.62. The highest BCUT2D eigenvalue weighted by Crippen LogP contribution is 2.42. The lowest BCUT2D eigenvalue weighted by Crippen LogP contribution is -2.43. The number of piperidine rings is 1. The SMILES string of the molecule is COc1ccccc1Nc1cc(Cc2ccc(N3CCC4(CCOCC4)CC3)cn2)nc2c1N=C(C(F)F)C2. The molecule has 6 rings (SSSR count). The normalized spacial score (nSPS) is 18.3. The van der Waals surface area contributed by atoms with Crippen LogP contribution in [0.15, 0.2) is 53.7 Å². The van der Waals surface area contributed by atoms with Crippen molar-refractivity contribution < 1.29 is 18.3 Å². The number of nitrogens with zero attached hydrogens (tertiary/aromatic N) is 4. The van der Waals surface area contributed by atoms with Crippen LogP contribution in [0.5, 0.6) is 5.75 Å². The van der Waals surface area contributed by atoms with E-state index >= 15 is 0 Å². The number of ether oxygens (including phenoxy) is 2. The number of rotatable bonds is 7. The van der Waals surface area contributed by atoms with Gasteiger partial charge in [-0.15, -0.1) is 0 Å². The Bertz CT molecular complexity index is 1350. The average molecular weight is 534 g/mol. The molecule has 0 unspecified atom stereocenters. The van der Waals surface area contributed by atoms with Crippen molar-refractivity contribution in [3.63, 3.8) is 0 Å². The summed E-state index contributed by atoms with van der Waals surface area (Å²) in [7, 11) is 1.60. The molecule has 5 heterocycles. The summed E-state index contributed by atoms with van der Waals surface area (Å²) in [4.78, 5) is 16.1. The number of nitrogens with one attached hydrogen (secondary N) is 1. The third-order valence-electron chi connectivity index (χ3n) is 8.26. The van der Waals surface area contributed by atoms with Gasteiger partial charge in [0, 0.05) is 50.5 Å². The van der Waals surface area contributed by atoms with Gasteiger partial charge >= 0.3 is 0 Å². The molecule has 3 aliphatic heterocycles. The maximum atomic E-state index is 13.5. The molecule has 0 amide bonds. The molecule has 0 bridgehead atoms. The predicted molar refractivity (Wildman–Crippen MR) is 148 cm³/mol. The predicted octanol–water partition coefficient (Wildman–Crippen LogP) is 6.11. The molecule has 0 aliphatic carbocycles. The van der Waals surface area contributed by atoms with Crippen molar-refractivity contribution in [3.8, 4) is 5.75 Å². The molecule has 1 aromatic carbocycles. The van der Waals surface area contributed by atoms with Gasteiger partial charge in [-0.1, -0.05) is 12.1 Å². The Morgan fingerprint density at radius 3 is 2.54 bits per heavy atom. The van der Waals surface area contributed by atoms with Gasteiger partial charge in [0.25, 0.3) is 6.43 Å². The lowest BCUT2D eigenvalue weighted by Gasteiger charge is -2.44. The number of aromatic nitrogens is 2. The fourth-order valence-corrected chi connectivity index (χ4v) is 5.89. The average Bonchev–Trinajstić information content (AvgIpc) is 3.40. The van der Waals surface area contributed by atoms with E-state index in [1.807, 2.05) is 42.6 Å². The second kappa shape index (κ2) is 10.9. The van der Waals surface area contributed by atoms with Crippen LogP contribution in [-0.4, -0.2) is 55.5 Å². The smallest absolute Gasteiger partial charge is 0.277 e. The Kier molecular flexibility index (Phi) is 7.16. The van der Waals surface area contributed by atoms with Crippen LogP contribution in [0.3, 0.4) is 0 Å². The third-order valence-corrected chi connectivity index (χ3v) is 8.26. The van der Waals surface area contributed by atoms with Gasteiger partial charge in [-0.05, 0) is 61.4 Å². The maximum Gasteiger partial charge on any atom is 0.277 e. The topological polar surface area (TPSA) is 71.9 Å². The molecule has 204 valence electrons. The Morgan fingerprint density at radius 2 is 1.82 bits per heavy atom. The van der Waals surface area contributed by atoms with Gasteiger partial charge in [-0.3, -0.25) is 9.97 Å². The number of aliphatic imine (C=N–C) groups is 1. The molecule has 3 aromatic rings. The van der Waals surface area contributed by atoms with Crippen LogP contribution in [-0.2, 0) is 17.6 Å². The standard InChI is InChI=1S/C30H33F2N5O2/c1-38-27-5-3-2-4-23(27)35-24-17-21(34-25-18-26(29(31)32)36-28(24)25)16-20-6-7-22(19-33-20)37-12-8-30(9-13-37)10-14-39-15-11-30/h2-7,17,19,29H,8-16,18H2,1H3,(H,34,35). The number of alkyl halides is 2. The molecule has 0 atom stereocenters. The summed E-state index contributed by atoms with van der Waals surface area (Å²) in [6, 6.07) is 13.5. The highest BCUT2D eigenvalue weighted by atomic mass is 19.3. The van der Waals surface area contributed by atoms with E-state index < -0.39 is 6.43 Å². The minimum absolute atomic E-state index is 0.0381. The van der Waals surface area contributed by atoms with E-state index in [1.54, 1.807) is 7.11 Å². The van der Waals surface area contributed by atoms with Crippen LogP contribution >= 0.6 is 0 Å². The molecule has 0 radical (unpaired) electrons. The zero-order valence-electron chi connectivity index (χ0n) is 22.1. The zero-order valence-corrected chi connectivity index (χ0v) is 22.1. The number of para-hydroxylation sites is 2. The van der Waals surface area contributed by atoms with Gasteiger partial charge in [0.15, 0.2) is 0 Å². The van der Waals surface area contributed by atoms with E-state index in [0.717, 1.165) is 49.1 Å².